The summed E-state index contributed by atoms with van der Waals surface area (Å²) in [6.45, 7) is 2.10. The Hall–Kier alpha value is -1.49. The van der Waals surface area contributed by atoms with Crippen LogP contribution >= 0.6 is 34.5 Å². The molecule has 0 bridgehead atoms. The van der Waals surface area contributed by atoms with Crippen LogP contribution in [0, 0.1) is 0 Å². The maximum atomic E-state index is 6.29. The van der Waals surface area contributed by atoms with E-state index in [9.17, 15) is 0 Å². The number of thiophene rings is 1. The maximum Gasteiger partial charge on any atom is 0.230 e. The number of aromatic nitrogens is 1. The van der Waals surface area contributed by atoms with Crippen molar-refractivity contribution in [1.29, 1.82) is 0 Å². The molecule has 2 N–H and O–H groups in total. The first-order valence-electron chi connectivity index (χ1n) is 6.39. The molecule has 3 aromatic rings. The molecule has 3 nitrogen and oxygen atoms in total. The summed E-state index contributed by atoms with van der Waals surface area (Å²) in [4.78, 5) is 1.05. The quantitative estimate of drug-likeness (QED) is 0.683. The number of halogens is 2. The van der Waals surface area contributed by atoms with Crippen LogP contribution in [0.1, 0.15) is 12.5 Å². The molecular formula is C15H12Cl2N2OS. The van der Waals surface area contributed by atoms with E-state index in [1.165, 1.54) is 5.56 Å². The number of hydrogen-bond donors (Lipinski definition) is 1. The number of nitrogen functional groups attached to an aromatic ring is 1. The van der Waals surface area contributed by atoms with Crippen molar-refractivity contribution in [1.82, 2.24) is 5.16 Å². The number of nitrogens with two attached hydrogens (primary N) is 1. The lowest BCUT2D eigenvalue weighted by Crippen LogP contribution is -1.89. The highest BCUT2D eigenvalue weighted by atomic mass is 35.5. The molecule has 2 heterocycles. The van der Waals surface area contributed by atoms with Crippen molar-refractivity contribution in [2.24, 2.45) is 0 Å². The third-order valence-corrected chi connectivity index (χ3v) is 4.77. The van der Waals surface area contributed by atoms with Gasteiger partial charge in [-0.15, -0.1) is 11.3 Å². The Morgan fingerprint density at radius 1 is 1.29 bits per heavy atom. The van der Waals surface area contributed by atoms with Gasteiger partial charge in [0.25, 0.3) is 0 Å². The number of benzene rings is 1. The largest absolute Gasteiger partial charge is 0.367 e. The summed E-state index contributed by atoms with van der Waals surface area (Å²) < 4.78 is 5.20. The van der Waals surface area contributed by atoms with Gasteiger partial charge in [0.05, 0.1) is 15.5 Å². The van der Waals surface area contributed by atoms with E-state index in [0.717, 1.165) is 22.6 Å². The van der Waals surface area contributed by atoms with Crippen molar-refractivity contribution in [2.75, 3.05) is 5.73 Å². The van der Waals surface area contributed by atoms with Crippen LogP contribution < -0.4 is 5.73 Å². The van der Waals surface area contributed by atoms with Gasteiger partial charge in [-0.2, -0.15) is 0 Å². The molecule has 0 radical (unpaired) electrons. The highest BCUT2D eigenvalue weighted by Crippen LogP contribution is 2.42. The lowest BCUT2D eigenvalue weighted by Gasteiger charge is -2.06. The summed E-state index contributed by atoms with van der Waals surface area (Å²) in [5, 5.41) is 7.26. The van der Waals surface area contributed by atoms with Crippen molar-refractivity contribution in [3.05, 3.63) is 45.3 Å². The normalized spacial score (nSPS) is 11.0. The number of nitrogens with zero attached hydrogens (tertiary/aromatic N) is 1. The van der Waals surface area contributed by atoms with Gasteiger partial charge in [-0.25, -0.2) is 0 Å². The first-order valence-corrected chi connectivity index (χ1v) is 8.02. The maximum absolute atomic E-state index is 6.29. The molecule has 21 heavy (non-hydrogen) atoms. The lowest BCUT2D eigenvalue weighted by molar-refractivity contribution is 0.439. The molecule has 0 aliphatic rings. The van der Waals surface area contributed by atoms with Crippen LogP contribution in [0.15, 0.2) is 34.2 Å². The van der Waals surface area contributed by atoms with Crippen LogP contribution in [0.25, 0.3) is 21.7 Å². The molecule has 108 valence electrons. The predicted octanol–water partition coefficient (Wildman–Crippen LogP) is 5.52. The Morgan fingerprint density at radius 3 is 2.81 bits per heavy atom. The highest BCUT2D eigenvalue weighted by Gasteiger charge is 2.22. The van der Waals surface area contributed by atoms with Gasteiger partial charge < -0.3 is 10.3 Å². The molecule has 1 aromatic carbocycles. The Kier molecular flexibility index (Phi) is 3.93. The van der Waals surface area contributed by atoms with Crippen molar-refractivity contribution in [2.45, 2.75) is 13.3 Å². The second-order valence-electron chi connectivity index (χ2n) is 4.52. The molecule has 0 aliphatic heterocycles. The molecule has 0 atom stereocenters. The first-order chi connectivity index (χ1) is 10.1. The second kappa shape index (κ2) is 5.72. The number of aryl methyl sites for hydroxylation is 1. The summed E-state index contributed by atoms with van der Waals surface area (Å²) in [6, 6.07) is 7.37. The minimum atomic E-state index is 0.254. The van der Waals surface area contributed by atoms with E-state index >= 15 is 0 Å². The van der Waals surface area contributed by atoms with Gasteiger partial charge in [0.15, 0.2) is 0 Å². The number of hydrogen-bond acceptors (Lipinski definition) is 4. The summed E-state index contributed by atoms with van der Waals surface area (Å²) in [7, 11) is 0. The molecule has 0 unspecified atom stereocenters. The molecule has 0 aliphatic carbocycles. The van der Waals surface area contributed by atoms with Gasteiger partial charge in [0, 0.05) is 10.6 Å². The van der Waals surface area contributed by atoms with Crippen LogP contribution in [0.3, 0.4) is 0 Å². The van der Waals surface area contributed by atoms with Gasteiger partial charge in [-0.3, -0.25) is 0 Å². The zero-order valence-corrected chi connectivity index (χ0v) is 13.5. The summed E-state index contributed by atoms with van der Waals surface area (Å²) in [6.07, 6.45) is 0.916. The molecule has 0 fully saturated rings. The van der Waals surface area contributed by atoms with Crippen LogP contribution in [-0.4, -0.2) is 5.16 Å². The summed E-state index contributed by atoms with van der Waals surface area (Å²) in [5.41, 5.74) is 9.38. The van der Waals surface area contributed by atoms with E-state index in [1.54, 1.807) is 23.5 Å². The second-order valence-corrected chi connectivity index (χ2v) is 6.28. The molecule has 0 amide bonds. The van der Waals surface area contributed by atoms with Gasteiger partial charge in [-0.1, -0.05) is 41.3 Å². The van der Waals surface area contributed by atoms with E-state index < -0.39 is 0 Å². The molecule has 0 saturated carbocycles. The van der Waals surface area contributed by atoms with Crippen molar-refractivity contribution in [3.8, 4) is 21.7 Å². The molecule has 6 heteroatoms. The SMILES string of the molecule is CCc1ccsc1-c1noc(N)c1-c1ccc(Cl)cc1Cl. The average molecular weight is 339 g/mol. The molecule has 0 spiro atoms. The minimum absolute atomic E-state index is 0.254. The van der Waals surface area contributed by atoms with E-state index in [0.29, 0.717) is 15.6 Å². The van der Waals surface area contributed by atoms with Gasteiger partial charge >= 0.3 is 0 Å². The molecule has 2 aromatic heterocycles. The van der Waals surface area contributed by atoms with E-state index in [1.807, 2.05) is 11.4 Å². The lowest BCUT2D eigenvalue weighted by atomic mass is 10.0. The topological polar surface area (TPSA) is 52.0 Å². The Labute approximate surface area is 136 Å². The van der Waals surface area contributed by atoms with Crippen LogP contribution in [-0.2, 0) is 6.42 Å². The third kappa shape index (κ3) is 2.55. The van der Waals surface area contributed by atoms with E-state index in [2.05, 4.69) is 18.1 Å². The molecule has 3 rings (SSSR count). The van der Waals surface area contributed by atoms with Crippen LogP contribution in [0.2, 0.25) is 10.0 Å². The first kappa shape index (κ1) is 14.4. The van der Waals surface area contributed by atoms with Gasteiger partial charge in [-0.05, 0) is 35.6 Å². The van der Waals surface area contributed by atoms with Gasteiger partial charge in [0.2, 0.25) is 5.88 Å². The van der Waals surface area contributed by atoms with Gasteiger partial charge in [0.1, 0.15) is 5.69 Å². The monoisotopic (exact) mass is 338 g/mol. The highest BCUT2D eigenvalue weighted by molar-refractivity contribution is 7.13. The fourth-order valence-electron chi connectivity index (χ4n) is 2.23. The van der Waals surface area contributed by atoms with Crippen molar-refractivity contribution in [3.63, 3.8) is 0 Å². The molecule has 0 saturated heterocycles. The Morgan fingerprint density at radius 2 is 2.10 bits per heavy atom. The smallest absolute Gasteiger partial charge is 0.230 e. The fraction of sp³-hybridized carbons (Fsp3) is 0.133. The third-order valence-electron chi connectivity index (χ3n) is 3.26. The predicted molar refractivity (Wildman–Crippen MR) is 89.1 cm³/mol. The number of rotatable bonds is 3. The van der Waals surface area contributed by atoms with E-state index in [4.69, 9.17) is 33.5 Å². The standard InChI is InChI=1S/C15H12Cl2N2OS/c1-2-8-5-6-21-14(8)13-12(15(18)20-19-13)10-4-3-9(16)7-11(10)17/h3-7H,2,18H2,1H3. The summed E-state index contributed by atoms with van der Waals surface area (Å²) >= 11 is 13.9. The Bertz CT molecular complexity index is 795. The fourth-order valence-corrected chi connectivity index (χ4v) is 3.72. The van der Waals surface area contributed by atoms with Crippen molar-refractivity contribution >= 4 is 40.4 Å². The van der Waals surface area contributed by atoms with Crippen LogP contribution in [0.4, 0.5) is 5.88 Å². The van der Waals surface area contributed by atoms with Crippen LogP contribution in [0.5, 0.6) is 0 Å². The minimum Gasteiger partial charge on any atom is -0.367 e. The average Bonchev–Trinajstić information content (AvgIpc) is 3.05. The molecular weight excluding hydrogens is 327 g/mol. The number of anilines is 1. The zero-order valence-electron chi connectivity index (χ0n) is 11.2. The van der Waals surface area contributed by atoms with E-state index in [-0.39, 0.29) is 5.88 Å². The zero-order chi connectivity index (χ0) is 15.0. The Balaban J connectivity index is 2.22. The van der Waals surface area contributed by atoms with Crippen molar-refractivity contribution < 1.29 is 4.52 Å². The summed E-state index contributed by atoms with van der Waals surface area (Å²) in [5.74, 6) is 0.254.